The van der Waals surface area contributed by atoms with E-state index in [1.54, 1.807) is 6.08 Å². The van der Waals surface area contributed by atoms with Gasteiger partial charge >= 0.3 is 5.97 Å². The predicted molar refractivity (Wildman–Crippen MR) is 108 cm³/mol. The number of hydrogen-bond donors (Lipinski definition) is 0. The number of aromatic nitrogens is 3. The molecule has 0 amide bonds. The van der Waals surface area contributed by atoms with Gasteiger partial charge in [-0.15, -0.1) is 0 Å². The molecule has 5 nitrogen and oxygen atoms in total. The van der Waals surface area contributed by atoms with Gasteiger partial charge in [-0.3, -0.25) is 0 Å². The van der Waals surface area contributed by atoms with E-state index in [0.29, 0.717) is 12.5 Å². The van der Waals surface area contributed by atoms with Crippen molar-refractivity contribution in [2.24, 2.45) is 0 Å². The molecular weight excluding hydrogens is 338 g/mol. The Morgan fingerprint density at radius 1 is 1.19 bits per heavy atom. The van der Waals surface area contributed by atoms with Crippen molar-refractivity contribution in [1.82, 2.24) is 14.5 Å². The summed E-state index contributed by atoms with van der Waals surface area (Å²) in [5.41, 5.74) is 6.18. The lowest BCUT2D eigenvalue weighted by Gasteiger charge is -2.11. The number of fused-ring (bicyclic) bond motifs is 1. The molecule has 1 aromatic carbocycles. The molecule has 0 spiro atoms. The number of ether oxygens (including phenoxy) is 1. The van der Waals surface area contributed by atoms with Crippen molar-refractivity contribution in [3.8, 4) is 0 Å². The monoisotopic (exact) mass is 363 g/mol. The van der Waals surface area contributed by atoms with Crippen LogP contribution in [0.3, 0.4) is 0 Å². The Balaban J connectivity index is 1.95. The van der Waals surface area contributed by atoms with E-state index in [0.717, 1.165) is 39.4 Å². The third kappa shape index (κ3) is 4.08. The lowest BCUT2D eigenvalue weighted by Crippen LogP contribution is -2.07. The molecule has 0 saturated carbocycles. The molecule has 0 saturated heterocycles. The molecule has 0 atom stereocenters. The molecule has 0 unspecified atom stereocenters. The van der Waals surface area contributed by atoms with Crippen LogP contribution in [0, 0.1) is 13.8 Å². The number of nitrogens with zero attached hydrogens (tertiary/aromatic N) is 3. The number of pyridine rings is 1. The highest BCUT2D eigenvalue weighted by Gasteiger charge is 2.17. The third-order valence-corrected chi connectivity index (χ3v) is 4.50. The minimum Gasteiger partial charge on any atom is -0.466 e. The van der Waals surface area contributed by atoms with Crippen molar-refractivity contribution in [3.63, 3.8) is 0 Å². The first kappa shape index (κ1) is 18.8. The SMILES string of the molecule is COC(=O)C=Cc1ccc(Cn2c(C(C)C)nc3c(C)cc(C)nc32)cc1. The first-order chi connectivity index (χ1) is 12.9. The number of methoxy groups -OCH3 is 1. The van der Waals surface area contributed by atoms with E-state index in [1.807, 2.05) is 19.1 Å². The van der Waals surface area contributed by atoms with E-state index < -0.39 is 0 Å². The van der Waals surface area contributed by atoms with Gasteiger partial charge in [0.05, 0.1) is 13.7 Å². The summed E-state index contributed by atoms with van der Waals surface area (Å²) in [6.45, 7) is 9.12. The first-order valence-corrected chi connectivity index (χ1v) is 9.08. The largest absolute Gasteiger partial charge is 0.466 e. The van der Waals surface area contributed by atoms with Gasteiger partial charge < -0.3 is 9.30 Å². The molecule has 0 aliphatic heterocycles. The maximum Gasteiger partial charge on any atom is 0.330 e. The molecule has 27 heavy (non-hydrogen) atoms. The maximum absolute atomic E-state index is 11.2. The van der Waals surface area contributed by atoms with Gasteiger partial charge in [-0.05, 0) is 42.7 Å². The predicted octanol–water partition coefficient (Wildman–Crippen LogP) is 4.41. The van der Waals surface area contributed by atoms with Gasteiger partial charge in [0.25, 0.3) is 0 Å². The van der Waals surface area contributed by atoms with Crippen LogP contribution >= 0.6 is 0 Å². The molecule has 0 radical (unpaired) electrons. The van der Waals surface area contributed by atoms with E-state index in [9.17, 15) is 4.79 Å². The minimum absolute atomic E-state index is 0.307. The van der Waals surface area contributed by atoms with Crippen LogP contribution in [0.1, 0.15) is 48.0 Å². The summed E-state index contributed by atoms with van der Waals surface area (Å²) in [5, 5.41) is 0. The summed E-state index contributed by atoms with van der Waals surface area (Å²) in [6.07, 6.45) is 3.17. The number of carbonyl (C=O) groups is 1. The highest BCUT2D eigenvalue weighted by Crippen LogP contribution is 2.24. The van der Waals surface area contributed by atoms with Crippen molar-refractivity contribution in [2.75, 3.05) is 7.11 Å². The van der Waals surface area contributed by atoms with Crippen LogP contribution in [0.25, 0.3) is 17.2 Å². The quantitative estimate of drug-likeness (QED) is 0.498. The fourth-order valence-corrected chi connectivity index (χ4v) is 3.17. The summed E-state index contributed by atoms with van der Waals surface area (Å²) in [7, 11) is 1.37. The van der Waals surface area contributed by atoms with Crippen molar-refractivity contribution in [1.29, 1.82) is 0 Å². The fraction of sp³-hybridized carbons (Fsp3) is 0.318. The number of hydrogen-bond acceptors (Lipinski definition) is 4. The number of carbonyl (C=O) groups excluding carboxylic acids is 1. The lowest BCUT2D eigenvalue weighted by atomic mass is 10.1. The average molecular weight is 363 g/mol. The highest BCUT2D eigenvalue weighted by atomic mass is 16.5. The summed E-state index contributed by atoms with van der Waals surface area (Å²) < 4.78 is 6.83. The van der Waals surface area contributed by atoms with Gasteiger partial charge in [0.2, 0.25) is 0 Å². The van der Waals surface area contributed by atoms with Gasteiger partial charge in [-0.2, -0.15) is 0 Å². The van der Waals surface area contributed by atoms with Gasteiger partial charge in [0.1, 0.15) is 11.3 Å². The van der Waals surface area contributed by atoms with Crippen LogP contribution in [0.2, 0.25) is 0 Å². The zero-order valence-corrected chi connectivity index (χ0v) is 16.5. The zero-order valence-electron chi connectivity index (χ0n) is 16.5. The Bertz CT molecular complexity index is 999. The average Bonchev–Trinajstić information content (AvgIpc) is 3.00. The number of aryl methyl sites for hydroxylation is 2. The highest BCUT2D eigenvalue weighted by molar-refractivity contribution is 5.86. The summed E-state index contributed by atoms with van der Waals surface area (Å²) >= 11 is 0. The van der Waals surface area contributed by atoms with Gasteiger partial charge in [0, 0.05) is 17.7 Å². The van der Waals surface area contributed by atoms with Crippen molar-refractivity contribution < 1.29 is 9.53 Å². The third-order valence-electron chi connectivity index (χ3n) is 4.50. The van der Waals surface area contributed by atoms with E-state index in [4.69, 9.17) is 9.97 Å². The Labute approximate surface area is 159 Å². The Morgan fingerprint density at radius 3 is 2.52 bits per heavy atom. The lowest BCUT2D eigenvalue weighted by molar-refractivity contribution is -0.134. The fourth-order valence-electron chi connectivity index (χ4n) is 3.17. The first-order valence-electron chi connectivity index (χ1n) is 9.08. The number of benzene rings is 1. The van der Waals surface area contributed by atoms with Crippen molar-refractivity contribution >= 4 is 23.2 Å². The summed E-state index contributed by atoms with van der Waals surface area (Å²) in [5.74, 6) is 0.990. The summed E-state index contributed by atoms with van der Waals surface area (Å²) in [4.78, 5) is 20.8. The van der Waals surface area contributed by atoms with Crippen LogP contribution < -0.4 is 0 Å². The van der Waals surface area contributed by atoms with Crippen molar-refractivity contribution in [3.05, 3.63) is 64.6 Å². The minimum atomic E-state index is -0.359. The standard InChI is InChI=1S/C22H25N3O2/c1-14(2)21-24-20-15(3)12-16(4)23-22(20)25(21)13-18-8-6-17(7-9-18)10-11-19(26)27-5/h6-12,14H,13H2,1-5H3. The Kier molecular flexibility index (Phi) is 5.40. The van der Waals surface area contributed by atoms with Crippen LogP contribution in [0.5, 0.6) is 0 Å². The zero-order chi connectivity index (χ0) is 19.6. The second kappa shape index (κ2) is 7.74. The van der Waals surface area contributed by atoms with Gasteiger partial charge in [-0.1, -0.05) is 38.1 Å². The van der Waals surface area contributed by atoms with E-state index >= 15 is 0 Å². The van der Waals surface area contributed by atoms with E-state index in [-0.39, 0.29) is 5.97 Å². The van der Waals surface area contributed by atoms with E-state index in [2.05, 4.69) is 48.3 Å². The number of imidazole rings is 1. The molecule has 3 aromatic rings. The van der Waals surface area contributed by atoms with Crippen molar-refractivity contribution in [2.45, 2.75) is 40.2 Å². The van der Waals surface area contributed by atoms with Gasteiger partial charge in [0.15, 0.2) is 5.65 Å². The molecule has 0 fully saturated rings. The molecule has 0 bridgehead atoms. The number of rotatable bonds is 5. The van der Waals surface area contributed by atoms with Crippen LogP contribution in [0.4, 0.5) is 0 Å². The number of esters is 1. The van der Waals surface area contributed by atoms with Crippen LogP contribution in [-0.2, 0) is 16.1 Å². The maximum atomic E-state index is 11.2. The van der Waals surface area contributed by atoms with Crippen LogP contribution in [-0.4, -0.2) is 27.6 Å². The second-order valence-electron chi connectivity index (χ2n) is 7.06. The Hall–Kier alpha value is -2.95. The molecule has 2 aromatic heterocycles. The molecule has 0 aliphatic rings. The van der Waals surface area contributed by atoms with Crippen LogP contribution in [0.15, 0.2) is 36.4 Å². The smallest absolute Gasteiger partial charge is 0.330 e. The topological polar surface area (TPSA) is 57.0 Å². The molecule has 5 heteroatoms. The molecule has 2 heterocycles. The van der Waals surface area contributed by atoms with E-state index in [1.165, 1.54) is 13.2 Å². The molecule has 0 N–H and O–H groups in total. The molecule has 0 aliphatic carbocycles. The molecule has 3 rings (SSSR count). The normalized spacial score (nSPS) is 11.6. The summed E-state index contributed by atoms with van der Waals surface area (Å²) in [6, 6.07) is 10.2. The second-order valence-corrected chi connectivity index (χ2v) is 7.06. The van der Waals surface area contributed by atoms with Gasteiger partial charge in [-0.25, -0.2) is 14.8 Å². The molecule has 140 valence electrons. The Morgan fingerprint density at radius 2 is 1.89 bits per heavy atom. The molecular formula is C22H25N3O2.